The van der Waals surface area contributed by atoms with Crippen LogP contribution in [0.15, 0.2) is 42.5 Å². The lowest BCUT2D eigenvalue weighted by atomic mass is 10.1. The molecule has 100 valence electrons. The number of para-hydroxylation sites is 1. The van der Waals surface area contributed by atoms with E-state index >= 15 is 0 Å². The van der Waals surface area contributed by atoms with E-state index < -0.39 is 11.7 Å². The zero-order valence-corrected chi connectivity index (χ0v) is 11.4. The molecule has 0 aliphatic carbocycles. The Morgan fingerprint density at radius 1 is 1.30 bits per heavy atom. The average molecular weight is 289 g/mol. The lowest BCUT2D eigenvalue weighted by Crippen LogP contribution is -2.27. The molecular weight excluding hydrogens is 279 g/mol. The van der Waals surface area contributed by atoms with Crippen LogP contribution in [0, 0.1) is 17.1 Å². The number of benzene rings is 2. The van der Waals surface area contributed by atoms with Gasteiger partial charge in [0.05, 0.1) is 21.8 Å². The molecule has 5 heteroatoms. The van der Waals surface area contributed by atoms with Gasteiger partial charge in [0, 0.05) is 7.05 Å². The third-order valence-corrected chi connectivity index (χ3v) is 3.16. The molecule has 0 heterocycles. The largest absolute Gasteiger partial charge is 0.310 e. The standard InChI is InChI=1S/C15H10ClFN2O/c1-19(14-5-3-2-4-10(14)9-18)15(20)12-7-6-11(17)8-13(12)16/h2-8H,1H3. The second kappa shape index (κ2) is 5.72. The van der Waals surface area contributed by atoms with Gasteiger partial charge in [-0.1, -0.05) is 23.7 Å². The number of halogens is 2. The molecule has 2 rings (SSSR count). The summed E-state index contributed by atoms with van der Waals surface area (Å²) in [7, 11) is 1.54. The topological polar surface area (TPSA) is 44.1 Å². The normalized spacial score (nSPS) is 9.90. The maximum Gasteiger partial charge on any atom is 0.259 e. The number of hydrogen-bond acceptors (Lipinski definition) is 2. The Labute approximate surface area is 120 Å². The predicted octanol–water partition coefficient (Wildman–Crippen LogP) is 3.63. The van der Waals surface area contributed by atoms with Crippen LogP contribution in [0.4, 0.5) is 10.1 Å². The summed E-state index contributed by atoms with van der Waals surface area (Å²) in [5.41, 5.74) is 1.03. The Kier molecular flexibility index (Phi) is 4.02. The van der Waals surface area contributed by atoms with Crippen LogP contribution in [0.1, 0.15) is 15.9 Å². The van der Waals surface area contributed by atoms with Gasteiger partial charge >= 0.3 is 0 Å². The number of carbonyl (C=O) groups excluding carboxylic acids is 1. The molecule has 3 nitrogen and oxygen atoms in total. The van der Waals surface area contributed by atoms with Crippen LogP contribution in [-0.4, -0.2) is 13.0 Å². The molecule has 0 unspecified atom stereocenters. The van der Waals surface area contributed by atoms with Gasteiger partial charge < -0.3 is 4.90 Å². The SMILES string of the molecule is CN(C(=O)c1ccc(F)cc1Cl)c1ccccc1C#N. The summed E-state index contributed by atoms with van der Waals surface area (Å²) in [6, 6.07) is 12.3. The highest BCUT2D eigenvalue weighted by molar-refractivity contribution is 6.34. The predicted molar refractivity (Wildman–Crippen MR) is 75.3 cm³/mol. The van der Waals surface area contributed by atoms with Crippen LogP contribution in [0.5, 0.6) is 0 Å². The summed E-state index contributed by atoms with van der Waals surface area (Å²) in [5.74, 6) is -0.913. The maximum absolute atomic E-state index is 13.0. The first-order valence-corrected chi connectivity index (χ1v) is 6.14. The minimum Gasteiger partial charge on any atom is -0.310 e. The van der Waals surface area contributed by atoms with Crippen molar-refractivity contribution in [3.05, 3.63) is 64.4 Å². The maximum atomic E-state index is 13.0. The molecule has 2 aromatic carbocycles. The average Bonchev–Trinajstić information content (AvgIpc) is 2.45. The van der Waals surface area contributed by atoms with Crippen LogP contribution in [0.3, 0.4) is 0 Å². The van der Waals surface area contributed by atoms with E-state index in [1.54, 1.807) is 24.3 Å². The van der Waals surface area contributed by atoms with Crippen LogP contribution in [0.25, 0.3) is 0 Å². The molecule has 0 aliphatic rings. The van der Waals surface area contributed by atoms with Gasteiger partial charge in [0.1, 0.15) is 11.9 Å². The molecule has 0 bridgehead atoms. The van der Waals surface area contributed by atoms with Crippen molar-refractivity contribution in [2.24, 2.45) is 0 Å². The Hall–Kier alpha value is -2.38. The van der Waals surface area contributed by atoms with E-state index in [2.05, 4.69) is 0 Å². The van der Waals surface area contributed by atoms with Crippen molar-refractivity contribution in [3.8, 4) is 6.07 Å². The van der Waals surface area contributed by atoms with Gasteiger partial charge in [-0.05, 0) is 30.3 Å². The zero-order valence-electron chi connectivity index (χ0n) is 10.6. The monoisotopic (exact) mass is 288 g/mol. The van der Waals surface area contributed by atoms with Crippen molar-refractivity contribution < 1.29 is 9.18 Å². The highest BCUT2D eigenvalue weighted by Crippen LogP contribution is 2.24. The fourth-order valence-electron chi connectivity index (χ4n) is 1.81. The van der Waals surface area contributed by atoms with Gasteiger partial charge in [-0.15, -0.1) is 0 Å². The molecule has 0 N–H and O–H groups in total. The first-order chi connectivity index (χ1) is 9.54. The van der Waals surface area contributed by atoms with Crippen molar-refractivity contribution in [2.45, 2.75) is 0 Å². The van der Waals surface area contributed by atoms with E-state index in [0.717, 1.165) is 6.07 Å². The van der Waals surface area contributed by atoms with Gasteiger partial charge in [0.15, 0.2) is 0 Å². The molecule has 0 fully saturated rings. The number of nitrogens with zero attached hydrogens (tertiary/aromatic N) is 2. The van der Waals surface area contributed by atoms with E-state index in [-0.39, 0.29) is 10.6 Å². The second-order valence-corrected chi connectivity index (χ2v) is 4.52. The fraction of sp³-hybridized carbons (Fsp3) is 0.0667. The highest BCUT2D eigenvalue weighted by atomic mass is 35.5. The summed E-state index contributed by atoms with van der Waals surface area (Å²) in [4.78, 5) is 13.7. The quantitative estimate of drug-likeness (QED) is 0.847. The molecule has 2 aromatic rings. The number of hydrogen-bond donors (Lipinski definition) is 0. The summed E-state index contributed by atoms with van der Waals surface area (Å²) in [5, 5.41) is 9.09. The minimum absolute atomic E-state index is 0.0382. The van der Waals surface area contributed by atoms with Crippen LogP contribution >= 0.6 is 11.6 Å². The third kappa shape index (κ3) is 2.63. The lowest BCUT2D eigenvalue weighted by molar-refractivity contribution is 0.0993. The molecule has 0 saturated carbocycles. The molecule has 0 aliphatic heterocycles. The van der Waals surface area contributed by atoms with Gasteiger partial charge in [-0.25, -0.2) is 4.39 Å². The minimum atomic E-state index is -0.508. The molecule has 0 atom stereocenters. The lowest BCUT2D eigenvalue weighted by Gasteiger charge is -2.19. The van der Waals surface area contributed by atoms with E-state index in [9.17, 15) is 9.18 Å². The Morgan fingerprint density at radius 2 is 2.00 bits per heavy atom. The number of amides is 1. The van der Waals surface area contributed by atoms with Crippen molar-refractivity contribution in [3.63, 3.8) is 0 Å². The smallest absolute Gasteiger partial charge is 0.259 e. The van der Waals surface area contributed by atoms with Crippen molar-refractivity contribution in [2.75, 3.05) is 11.9 Å². The Bertz CT molecular complexity index is 709. The van der Waals surface area contributed by atoms with E-state index in [4.69, 9.17) is 16.9 Å². The van der Waals surface area contributed by atoms with E-state index in [1.165, 1.54) is 24.1 Å². The van der Waals surface area contributed by atoms with E-state index in [1.807, 2.05) is 6.07 Å². The zero-order chi connectivity index (χ0) is 14.7. The van der Waals surface area contributed by atoms with E-state index in [0.29, 0.717) is 11.3 Å². The summed E-state index contributed by atoms with van der Waals surface area (Å²) in [6.07, 6.45) is 0. The molecule has 0 aromatic heterocycles. The first-order valence-electron chi connectivity index (χ1n) is 5.77. The van der Waals surface area contributed by atoms with Crippen LogP contribution in [-0.2, 0) is 0 Å². The van der Waals surface area contributed by atoms with Gasteiger partial charge in [0.25, 0.3) is 5.91 Å². The van der Waals surface area contributed by atoms with Crippen LogP contribution < -0.4 is 4.90 Å². The third-order valence-electron chi connectivity index (χ3n) is 2.85. The first kappa shape index (κ1) is 14.0. The Morgan fingerprint density at radius 3 is 2.65 bits per heavy atom. The molecule has 0 spiro atoms. The number of nitriles is 1. The molecule has 1 amide bonds. The summed E-state index contributed by atoms with van der Waals surface area (Å²) >= 11 is 5.88. The molecule has 0 radical (unpaired) electrons. The van der Waals surface area contributed by atoms with Gasteiger partial charge in [0.2, 0.25) is 0 Å². The Balaban J connectivity index is 2.41. The summed E-state index contributed by atoms with van der Waals surface area (Å²) < 4.78 is 13.0. The molecule has 20 heavy (non-hydrogen) atoms. The fourth-order valence-corrected chi connectivity index (χ4v) is 2.06. The molecular formula is C15H10ClFN2O. The number of rotatable bonds is 2. The number of carbonyl (C=O) groups is 1. The van der Waals surface area contributed by atoms with Gasteiger partial charge in [-0.3, -0.25) is 4.79 Å². The van der Waals surface area contributed by atoms with Crippen LogP contribution in [0.2, 0.25) is 5.02 Å². The highest BCUT2D eigenvalue weighted by Gasteiger charge is 2.18. The molecule has 0 saturated heterocycles. The summed E-state index contributed by atoms with van der Waals surface area (Å²) in [6.45, 7) is 0. The van der Waals surface area contributed by atoms with Crippen molar-refractivity contribution >= 4 is 23.2 Å². The van der Waals surface area contributed by atoms with Gasteiger partial charge in [-0.2, -0.15) is 5.26 Å². The van der Waals surface area contributed by atoms with Crippen molar-refractivity contribution in [1.82, 2.24) is 0 Å². The number of anilines is 1. The second-order valence-electron chi connectivity index (χ2n) is 4.12. The van der Waals surface area contributed by atoms with Crippen molar-refractivity contribution in [1.29, 1.82) is 5.26 Å².